The molecule has 1 aromatic rings. The lowest BCUT2D eigenvalue weighted by atomic mass is 10.1. The van der Waals surface area contributed by atoms with Crippen LogP contribution in [0.2, 0.25) is 0 Å². The van der Waals surface area contributed by atoms with Gasteiger partial charge in [0.15, 0.2) is 6.10 Å². The first kappa shape index (κ1) is 15.0. The molecule has 1 fully saturated rings. The molecule has 1 N–H and O–H groups in total. The van der Waals surface area contributed by atoms with Gasteiger partial charge in [-0.05, 0) is 44.0 Å². The van der Waals surface area contributed by atoms with Crippen molar-refractivity contribution in [3.05, 3.63) is 35.4 Å². The van der Waals surface area contributed by atoms with E-state index in [2.05, 4.69) is 10.1 Å². The summed E-state index contributed by atoms with van der Waals surface area (Å²) in [5.74, 6) is -1.38. The minimum Gasteiger partial charge on any atom is -0.465 e. The van der Waals surface area contributed by atoms with Crippen LogP contribution in [0.5, 0.6) is 0 Å². The number of benzene rings is 1. The maximum Gasteiger partial charge on any atom is 0.338 e. The largest absolute Gasteiger partial charge is 0.465 e. The highest BCUT2D eigenvalue weighted by molar-refractivity contribution is 5.94. The lowest BCUT2D eigenvalue weighted by molar-refractivity contribution is -0.129. The van der Waals surface area contributed by atoms with Crippen molar-refractivity contribution in [1.29, 1.82) is 0 Å². The molecule has 21 heavy (non-hydrogen) atoms. The summed E-state index contributed by atoms with van der Waals surface area (Å²) in [4.78, 5) is 34.9. The SMILES string of the molecule is COC(=O)c1ccc(C(=O)O[C@@H](C)C(=O)NC2CC2)cc1. The van der Waals surface area contributed by atoms with Crippen LogP contribution in [-0.2, 0) is 14.3 Å². The number of nitrogens with one attached hydrogen (secondary N) is 1. The highest BCUT2D eigenvalue weighted by Crippen LogP contribution is 2.19. The van der Waals surface area contributed by atoms with Crippen molar-refractivity contribution in [2.45, 2.75) is 31.9 Å². The Morgan fingerprint density at radius 2 is 1.62 bits per heavy atom. The molecular formula is C15H17NO5. The number of carbonyl (C=O) groups is 3. The van der Waals surface area contributed by atoms with Gasteiger partial charge in [0, 0.05) is 6.04 Å². The lowest BCUT2D eigenvalue weighted by Crippen LogP contribution is -2.37. The Bertz CT molecular complexity index is 548. The molecule has 0 spiro atoms. The van der Waals surface area contributed by atoms with Crippen LogP contribution >= 0.6 is 0 Å². The van der Waals surface area contributed by atoms with Crippen LogP contribution in [-0.4, -0.2) is 37.1 Å². The molecule has 1 aliphatic carbocycles. The van der Waals surface area contributed by atoms with Crippen LogP contribution in [0.15, 0.2) is 24.3 Å². The summed E-state index contributed by atoms with van der Waals surface area (Å²) >= 11 is 0. The zero-order valence-electron chi connectivity index (χ0n) is 11.9. The van der Waals surface area contributed by atoms with Crippen LogP contribution in [0.1, 0.15) is 40.5 Å². The quantitative estimate of drug-likeness (QED) is 0.827. The summed E-state index contributed by atoms with van der Waals surface area (Å²) in [6.45, 7) is 1.53. The van der Waals surface area contributed by atoms with Crippen LogP contribution in [0, 0.1) is 0 Å². The second kappa shape index (κ2) is 6.39. The standard InChI is InChI=1S/C15H17NO5/c1-9(13(17)16-12-7-8-12)21-15(19)11-5-3-10(4-6-11)14(18)20-2/h3-6,9,12H,7-8H2,1-2H3,(H,16,17)/t9-/m0/s1. The van der Waals surface area contributed by atoms with Gasteiger partial charge < -0.3 is 14.8 Å². The molecule has 0 aromatic heterocycles. The highest BCUT2D eigenvalue weighted by atomic mass is 16.5. The fourth-order valence-corrected chi connectivity index (χ4v) is 1.69. The third-order valence-electron chi connectivity index (χ3n) is 3.12. The van der Waals surface area contributed by atoms with Gasteiger partial charge in [0.25, 0.3) is 5.91 Å². The van der Waals surface area contributed by atoms with E-state index in [4.69, 9.17) is 4.74 Å². The average molecular weight is 291 g/mol. The fourth-order valence-electron chi connectivity index (χ4n) is 1.69. The number of hydrogen-bond acceptors (Lipinski definition) is 5. The smallest absolute Gasteiger partial charge is 0.338 e. The lowest BCUT2D eigenvalue weighted by Gasteiger charge is -2.13. The molecule has 2 rings (SSSR count). The Labute approximate surface area is 122 Å². The molecule has 112 valence electrons. The molecule has 0 unspecified atom stereocenters. The number of esters is 2. The summed E-state index contributed by atoms with van der Waals surface area (Å²) in [6, 6.07) is 6.08. The van der Waals surface area contributed by atoms with Crippen molar-refractivity contribution in [1.82, 2.24) is 5.32 Å². The molecule has 0 radical (unpaired) electrons. The minimum atomic E-state index is -0.849. The normalized spacial score (nSPS) is 15.0. The topological polar surface area (TPSA) is 81.7 Å². The van der Waals surface area contributed by atoms with E-state index in [9.17, 15) is 14.4 Å². The van der Waals surface area contributed by atoms with Gasteiger partial charge in [-0.3, -0.25) is 4.79 Å². The van der Waals surface area contributed by atoms with E-state index < -0.39 is 18.0 Å². The predicted molar refractivity (Wildman–Crippen MR) is 73.8 cm³/mol. The molecule has 1 aliphatic rings. The van der Waals surface area contributed by atoms with Gasteiger partial charge in [0.05, 0.1) is 18.2 Å². The van der Waals surface area contributed by atoms with Gasteiger partial charge in [0.1, 0.15) is 0 Å². The van der Waals surface area contributed by atoms with E-state index in [1.807, 2.05) is 0 Å². The van der Waals surface area contributed by atoms with Crippen LogP contribution in [0.25, 0.3) is 0 Å². The van der Waals surface area contributed by atoms with Crippen LogP contribution in [0.3, 0.4) is 0 Å². The van der Waals surface area contributed by atoms with Gasteiger partial charge in [0.2, 0.25) is 0 Å². The first-order chi connectivity index (χ1) is 10.0. The fraction of sp³-hybridized carbons (Fsp3) is 0.400. The van der Waals surface area contributed by atoms with Crippen molar-refractivity contribution < 1.29 is 23.9 Å². The third kappa shape index (κ3) is 4.05. The highest BCUT2D eigenvalue weighted by Gasteiger charge is 2.27. The summed E-state index contributed by atoms with van der Waals surface area (Å²) in [5.41, 5.74) is 0.613. The molecule has 1 amide bonds. The van der Waals surface area contributed by atoms with E-state index in [0.717, 1.165) is 12.8 Å². The Morgan fingerprint density at radius 1 is 1.10 bits per heavy atom. The van der Waals surface area contributed by atoms with Gasteiger partial charge in [-0.1, -0.05) is 0 Å². The Kier molecular flexibility index (Phi) is 4.57. The van der Waals surface area contributed by atoms with Crippen LogP contribution < -0.4 is 5.32 Å². The number of hydrogen-bond donors (Lipinski definition) is 1. The Morgan fingerprint density at radius 3 is 2.10 bits per heavy atom. The first-order valence-electron chi connectivity index (χ1n) is 6.71. The van der Waals surface area contributed by atoms with E-state index >= 15 is 0 Å². The number of ether oxygens (including phenoxy) is 2. The Balaban J connectivity index is 1.92. The van der Waals surface area contributed by atoms with E-state index in [1.54, 1.807) is 0 Å². The van der Waals surface area contributed by atoms with Gasteiger partial charge >= 0.3 is 11.9 Å². The third-order valence-corrected chi connectivity index (χ3v) is 3.12. The molecule has 0 aliphatic heterocycles. The summed E-state index contributed by atoms with van der Waals surface area (Å²) in [5, 5.41) is 2.76. The molecular weight excluding hydrogens is 274 g/mol. The van der Waals surface area contributed by atoms with E-state index in [-0.39, 0.29) is 17.5 Å². The maximum absolute atomic E-state index is 11.9. The molecule has 6 heteroatoms. The van der Waals surface area contributed by atoms with E-state index in [0.29, 0.717) is 5.56 Å². The maximum atomic E-state index is 11.9. The molecule has 0 saturated heterocycles. The monoisotopic (exact) mass is 291 g/mol. The van der Waals surface area contributed by atoms with E-state index in [1.165, 1.54) is 38.3 Å². The van der Waals surface area contributed by atoms with Gasteiger partial charge in [-0.25, -0.2) is 9.59 Å². The minimum absolute atomic E-state index is 0.220. The number of carbonyl (C=O) groups excluding carboxylic acids is 3. The Hall–Kier alpha value is -2.37. The van der Waals surface area contributed by atoms with Crippen molar-refractivity contribution >= 4 is 17.8 Å². The summed E-state index contributed by atoms with van der Waals surface area (Å²) < 4.78 is 9.65. The van der Waals surface area contributed by atoms with Crippen molar-refractivity contribution in [3.63, 3.8) is 0 Å². The molecule has 0 bridgehead atoms. The number of amides is 1. The number of rotatable bonds is 5. The summed E-state index contributed by atoms with van der Waals surface area (Å²) in [6.07, 6.45) is 1.10. The van der Waals surface area contributed by atoms with Gasteiger partial charge in [-0.2, -0.15) is 0 Å². The van der Waals surface area contributed by atoms with Crippen LogP contribution in [0.4, 0.5) is 0 Å². The number of methoxy groups -OCH3 is 1. The average Bonchev–Trinajstić information content (AvgIpc) is 3.30. The second-order valence-electron chi connectivity index (χ2n) is 4.90. The second-order valence-corrected chi connectivity index (χ2v) is 4.90. The van der Waals surface area contributed by atoms with Crippen molar-refractivity contribution in [2.24, 2.45) is 0 Å². The zero-order chi connectivity index (χ0) is 15.4. The van der Waals surface area contributed by atoms with Crippen molar-refractivity contribution in [2.75, 3.05) is 7.11 Å². The molecule has 0 heterocycles. The zero-order valence-corrected chi connectivity index (χ0v) is 11.9. The van der Waals surface area contributed by atoms with Gasteiger partial charge in [-0.15, -0.1) is 0 Å². The summed E-state index contributed by atoms with van der Waals surface area (Å²) in [7, 11) is 1.28. The molecule has 1 saturated carbocycles. The molecule has 1 aromatic carbocycles. The molecule has 6 nitrogen and oxygen atoms in total. The molecule has 1 atom stereocenters. The first-order valence-corrected chi connectivity index (χ1v) is 6.71. The van der Waals surface area contributed by atoms with Crippen molar-refractivity contribution in [3.8, 4) is 0 Å². The predicted octanol–water partition coefficient (Wildman–Crippen LogP) is 1.30.